The first-order valence-electron chi connectivity index (χ1n) is 5.95. The Balaban J connectivity index is 2.44. The molecule has 0 saturated carbocycles. The summed E-state index contributed by atoms with van der Waals surface area (Å²) in [6.45, 7) is 2.25. The van der Waals surface area contributed by atoms with Crippen LogP contribution >= 0.6 is 0 Å². The van der Waals surface area contributed by atoms with Crippen molar-refractivity contribution in [3.63, 3.8) is 0 Å². The van der Waals surface area contributed by atoms with Crippen LogP contribution in [0.4, 0.5) is 13.2 Å². The van der Waals surface area contributed by atoms with Gasteiger partial charge in [-0.15, -0.1) is 13.2 Å². The van der Waals surface area contributed by atoms with Gasteiger partial charge in [-0.3, -0.25) is 4.79 Å². The van der Waals surface area contributed by atoms with Crippen molar-refractivity contribution < 1.29 is 27.4 Å². The molecule has 1 rings (SSSR count). The number of hydrogen-bond acceptors (Lipinski definition) is 4. The summed E-state index contributed by atoms with van der Waals surface area (Å²) in [5.74, 6) is -0.581. The van der Waals surface area contributed by atoms with E-state index in [4.69, 9.17) is 0 Å². The van der Waals surface area contributed by atoms with Crippen LogP contribution in [0.3, 0.4) is 0 Å². The first kappa shape index (κ1) is 16.3. The average molecular weight is 291 g/mol. The smallest absolute Gasteiger partial charge is 0.469 e. The van der Waals surface area contributed by atoms with Crippen LogP contribution in [0.1, 0.15) is 18.9 Å². The minimum atomic E-state index is -4.69. The van der Waals surface area contributed by atoms with E-state index < -0.39 is 6.36 Å². The molecule has 0 aliphatic rings. The molecule has 0 fully saturated rings. The molecule has 20 heavy (non-hydrogen) atoms. The number of nitrogens with one attached hydrogen (secondary N) is 1. The third kappa shape index (κ3) is 6.42. The first-order chi connectivity index (χ1) is 9.30. The maximum atomic E-state index is 12.0. The highest BCUT2D eigenvalue weighted by Gasteiger charge is 2.30. The van der Waals surface area contributed by atoms with Crippen molar-refractivity contribution in [1.82, 2.24) is 5.32 Å². The maximum Gasteiger partial charge on any atom is 0.573 e. The highest BCUT2D eigenvalue weighted by atomic mass is 19.4. The molecule has 1 aromatic rings. The van der Waals surface area contributed by atoms with Gasteiger partial charge in [0.25, 0.3) is 0 Å². The number of methoxy groups -OCH3 is 1. The van der Waals surface area contributed by atoms with Crippen molar-refractivity contribution in [3.8, 4) is 5.75 Å². The van der Waals surface area contributed by atoms with E-state index in [0.29, 0.717) is 6.54 Å². The lowest BCUT2D eigenvalue weighted by atomic mass is 10.2. The van der Waals surface area contributed by atoms with E-state index in [0.717, 1.165) is 5.56 Å². The van der Waals surface area contributed by atoms with Crippen LogP contribution in [0.25, 0.3) is 0 Å². The fraction of sp³-hybridized carbons (Fsp3) is 0.462. The van der Waals surface area contributed by atoms with E-state index in [1.54, 1.807) is 0 Å². The number of ether oxygens (including phenoxy) is 2. The van der Waals surface area contributed by atoms with E-state index in [1.807, 2.05) is 6.92 Å². The summed E-state index contributed by atoms with van der Waals surface area (Å²) in [6.07, 6.45) is -4.46. The molecule has 0 aliphatic carbocycles. The number of hydrogen-bond donors (Lipinski definition) is 1. The van der Waals surface area contributed by atoms with E-state index in [-0.39, 0.29) is 24.2 Å². The van der Waals surface area contributed by atoms with Crippen molar-refractivity contribution in [2.45, 2.75) is 32.3 Å². The van der Waals surface area contributed by atoms with E-state index in [9.17, 15) is 18.0 Å². The summed E-state index contributed by atoms with van der Waals surface area (Å²) < 4.78 is 44.2. The monoisotopic (exact) mass is 291 g/mol. The fourth-order valence-electron chi connectivity index (χ4n) is 1.51. The Hall–Kier alpha value is -1.76. The molecule has 0 saturated heterocycles. The Morgan fingerprint density at radius 2 is 1.90 bits per heavy atom. The van der Waals surface area contributed by atoms with Gasteiger partial charge in [0.05, 0.1) is 13.5 Å². The molecule has 0 amide bonds. The fourth-order valence-corrected chi connectivity index (χ4v) is 1.51. The molecule has 0 radical (unpaired) electrons. The van der Waals surface area contributed by atoms with Crippen molar-refractivity contribution in [3.05, 3.63) is 29.8 Å². The van der Waals surface area contributed by atoms with Crippen LogP contribution in [0.5, 0.6) is 5.75 Å². The summed E-state index contributed by atoms with van der Waals surface area (Å²) in [5.41, 5.74) is 0.788. The van der Waals surface area contributed by atoms with Crippen molar-refractivity contribution in [2.75, 3.05) is 7.11 Å². The number of carbonyl (C=O) groups excluding carboxylic acids is 1. The van der Waals surface area contributed by atoms with Crippen LogP contribution in [-0.2, 0) is 16.1 Å². The van der Waals surface area contributed by atoms with E-state index in [1.165, 1.54) is 31.4 Å². The maximum absolute atomic E-state index is 12.0. The molecule has 0 aromatic heterocycles. The minimum absolute atomic E-state index is 0.0893. The molecule has 1 N–H and O–H groups in total. The van der Waals surface area contributed by atoms with E-state index in [2.05, 4.69) is 14.8 Å². The second kappa shape index (κ2) is 7.14. The lowest BCUT2D eigenvalue weighted by Gasteiger charge is -2.13. The van der Waals surface area contributed by atoms with Crippen LogP contribution in [0, 0.1) is 0 Å². The predicted octanol–water partition coefficient (Wildman–Crippen LogP) is 2.63. The minimum Gasteiger partial charge on any atom is -0.469 e. The Labute approximate surface area is 114 Å². The predicted molar refractivity (Wildman–Crippen MR) is 66.1 cm³/mol. The number of benzene rings is 1. The van der Waals surface area contributed by atoms with Gasteiger partial charge in [-0.25, -0.2) is 0 Å². The number of carbonyl (C=O) groups is 1. The van der Waals surface area contributed by atoms with Gasteiger partial charge in [0.1, 0.15) is 5.75 Å². The molecular formula is C13H16F3NO3. The van der Waals surface area contributed by atoms with E-state index >= 15 is 0 Å². The Morgan fingerprint density at radius 3 is 2.40 bits per heavy atom. The third-order valence-corrected chi connectivity index (χ3v) is 2.51. The molecule has 0 spiro atoms. The number of halogens is 3. The quantitative estimate of drug-likeness (QED) is 0.819. The summed E-state index contributed by atoms with van der Waals surface area (Å²) in [7, 11) is 1.31. The largest absolute Gasteiger partial charge is 0.573 e. The van der Waals surface area contributed by atoms with Gasteiger partial charge >= 0.3 is 12.3 Å². The highest BCUT2D eigenvalue weighted by Crippen LogP contribution is 2.22. The van der Waals surface area contributed by atoms with Gasteiger partial charge in [-0.1, -0.05) is 12.1 Å². The van der Waals surface area contributed by atoms with Crippen LogP contribution in [-0.4, -0.2) is 25.5 Å². The van der Waals surface area contributed by atoms with Gasteiger partial charge in [-0.05, 0) is 24.6 Å². The lowest BCUT2D eigenvalue weighted by molar-refractivity contribution is -0.274. The third-order valence-electron chi connectivity index (χ3n) is 2.51. The standard InChI is InChI=1S/C13H16F3NO3/c1-9(7-12(18)19-2)17-8-10-3-5-11(6-4-10)20-13(14,15)16/h3-6,9,17H,7-8H2,1-2H3. The molecule has 112 valence electrons. The van der Waals surface area contributed by atoms with Gasteiger partial charge < -0.3 is 14.8 Å². The number of esters is 1. The Kier molecular flexibility index (Phi) is 5.82. The topological polar surface area (TPSA) is 47.6 Å². The molecule has 4 nitrogen and oxygen atoms in total. The number of alkyl halides is 3. The van der Waals surface area contributed by atoms with Crippen LogP contribution < -0.4 is 10.1 Å². The molecule has 1 atom stereocenters. The number of rotatable bonds is 6. The van der Waals surface area contributed by atoms with Gasteiger partial charge in [0, 0.05) is 12.6 Å². The second-order valence-electron chi connectivity index (χ2n) is 4.25. The Bertz CT molecular complexity index is 431. The SMILES string of the molecule is COC(=O)CC(C)NCc1ccc(OC(F)(F)F)cc1. The van der Waals surface area contributed by atoms with Gasteiger partial charge in [0.2, 0.25) is 0 Å². The molecule has 0 aliphatic heterocycles. The van der Waals surface area contributed by atoms with Crippen LogP contribution in [0.2, 0.25) is 0 Å². The zero-order valence-corrected chi connectivity index (χ0v) is 11.2. The average Bonchev–Trinajstić information content (AvgIpc) is 2.36. The van der Waals surface area contributed by atoms with Crippen molar-refractivity contribution in [2.24, 2.45) is 0 Å². The first-order valence-corrected chi connectivity index (χ1v) is 5.95. The lowest BCUT2D eigenvalue weighted by Crippen LogP contribution is -2.28. The summed E-state index contributed by atoms with van der Waals surface area (Å²) in [4.78, 5) is 11.0. The molecule has 7 heteroatoms. The zero-order chi connectivity index (χ0) is 15.2. The zero-order valence-electron chi connectivity index (χ0n) is 11.2. The molecule has 0 bridgehead atoms. The molecule has 1 unspecified atom stereocenters. The second-order valence-corrected chi connectivity index (χ2v) is 4.25. The summed E-state index contributed by atoms with van der Waals surface area (Å²) in [6, 6.07) is 5.46. The summed E-state index contributed by atoms with van der Waals surface area (Å²) in [5, 5.41) is 3.07. The molecule has 1 aromatic carbocycles. The van der Waals surface area contributed by atoms with Gasteiger partial charge in [0.15, 0.2) is 0 Å². The molecular weight excluding hydrogens is 275 g/mol. The summed E-state index contributed by atoms with van der Waals surface area (Å²) >= 11 is 0. The Morgan fingerprint density at radius 1 is 1.30 bits per heavy atom. The van der Waals surface area contributed by atoms with Gasteiger partial charge in [-0.2, -0.15) is 0 Å². The van der Waals surface area contributed by atoms with Crippen LogP contribution in [0.15, 0.2) is 24.3 Å². The van der Waals surface area contributed by atoms with Crippen molar-refractivity contribution in [1.29, 1.82) is 0 Å². The van der Waals surface area contributed by atoms with Crippen molar-refractivity contribution >= 4 is 5.97 Å². The normalized spacial score (nSPS) is 12.8. The molecule has 0 heterocycles. The highest BCUT2D eigenvalue weighted by molar-refractivity contribution is 5.69.